The molecule has 2 N–H and O–H groups in total. The number of aromatic nitrogens is 4. The monoisotopic (exact) mass is 646 g/mol. The van der Waals surface area contributed by atoms with Gasteiger partial charge in [-0.15, -0.1) is 0 Å². The standard InChI is InChI=1S/C16H14ClFN4O.C16H15ClN4O/c1-21(2)11-4-6-15-19-14(9-22(15)8-11)16(23)20-13-7-10(17)3-5-12(13)18;1-20(2)13-6-7-15-19-14(10-21(15)9-13)16(22)18-12-5-3-4-11(17)8-12/h3-9H,1-2H3,(H,20,23);3-10H,1-2H3,(H,18,22). The number of anilines is 4. The maximum Gasteiger partial charge on any atom is 0.275 e. The van der Waals surface area contributed by atoms with Crippen molar-refractivity contribution in [1.82, 2.24) is 18.8 Å². The Balaban J connectivity index is 0.000000178. The molecule has 6 aromatic rings. The van der Waals surface area contributed by atoms with Crippen LogP contribution >= 0.6 is 23.2 Å². The van der Waals surface area contributed by atoms with Crippen LogP contribution in [0.1, 0.15) is 21.0 Å². The summed E-state index contributed by atoms with van der Waals surface area (Å²) in [5.74, 6) is -1.32. The van der Waals surface area contributed by atoms with E-state index in [0.717, 1.165) is 17.0 Å². The van der Waals surface area contributed by atoms with E-state index in [1.54, 1.807) is 41.1 Å². The zero-order valence-electron chi connectivity index (χ0n) is 24.8. The van der Waals surface area contributed by atoms with Gasteiger partial charge in [0.25, 0.3) is 11.8 Å². The van der Waals surface area contributed by atoms with Gasteiger partial charge in [-0.3, -0.25) is 9.59 Å². The summed E-state index contributed by atoms with van der Waals surface area (Å²) in [6.45, 7) is 0. The SMILES string of the molecule is CN(C)c1ccc2nc(C(=O)Nc3cc(Cl)ccc3F)cn2c1.CN(C)c1ccc2nc(C(=O)Nc3cccc(Cl)c3)cn2c1. The molecule has 13 heteroatoms. The molecular weight excluding hydrogens is 618 g/mol. The molecule has 45 heavy (non-hydrogen) atoms. The first-order valence-corrected chi connectivity index (χ1v) is 14.4. The summed E-state index contributed by atoms with van der Waals surface area (Å²) in [4.78, 5) is 37.0. The van der Waals surface area contributed by atoms with E-state index < -0.39 is 11.7 Å². The van der Waals surface area contributed by atoms with Gasteiger partial charge in [0.05, 0.1) is 17.1 Å². The van der Waals surface area contributed by atoms with Crippen molar-refractivity contribution in [1.29, 1.82) is 0 Å². The third kappa shape index (κ3) is 7.51. The number of pyridine rings is 2. The van der Waals surface area contributed by atoms with Crippen molar-refractivity contribution in [3.8, 4) is 0 Å². The molecule has 0 aliphatic rings. The number of nitrogens with one attached hydrogen (secondary N) is 2. The number of nitrogens with zero attached hydrogens (tertiary/aromatic N) is 6. The van der Waals surface area contributed by atoms with Crippen molar-refractivity contribution in [2.24, 2.45) is 0 Å². The van der Waals surface area contributed by atoms with Gasteiger partial charge in [0.2, 0.25) is 0 Å². The number of halogens is 3. The molecule has 0 spiro atoms. The van der Waals surface area contributed by atoms with Crippen molar-refractivity contribution in [3.05, 3.63) is 119 Å². The summed E-state index contributed by atoms with van der Waals surface area (Å²) in [7, 11) is 7.77. The molecule has 0 radical (unpaired) electrons. The second-order valence-electron chi connectivity index (χ2n) is 10.4. The normalized spacial score (nSPS) is 10.7. The summed E-state index contributed by atoms with van der Waals surface area (Å²) >= 11 is 11.7. The van der Waals surface area contributed by atoms with E-state index in [1.165, 1.54) is 18.2 Å². The summed E-state index contributed by atoms with van der Waals surface area (Å²) in [5.41, 5.74) is 4.58. The lowest BCUT2D eigenvalue weighted by Crippen LogP contribution is -2.13. The molecule has 6 rings (SSSR count). The molecule has 0 saturated carbocycles. The Kier molecular flexibility index (Phi) is 9.21. The molecule has 2 aromatic carbocycles. The molecule has 4 aromatic heterocycles. The van der Waals surface area contributed by atoms with E-state index in [2.05, 4.69) is 20.6 Å². The van der Waals surface area contributed by atoms with Crippen molar-refractivity contribution in [2.75, 3.05) is 48.6 Å². The number of hydrogen-bond donors (Lipinski definition) is 2. The Hall–Kier alpha value is -5.13. The first kappa shape index (κ1) is 31.3. The molecule has 0 fully saturated rings. The number of carbonyl (C=O) groups is 2. The van der Waals surface area contributed by atoms with Gasteiger partial charge in [0.15, 0.2) is 0 Å². The molecule has 4 heterocycles. The van der Waals surface area contributed by atoms with E-state index in [4.69, 9.17) is 23.2 Å². The molecule has 0 atom stereocenters. The van der Waals surface area contributed by atoms with Gasteiger partial charge in [0.1, 0.15) is 28.5 Å². The van der Waals surface area contributed by atoms with Crippen molar-refractivity contribution >= 4 is 69.1 Å². The average Bonchev–Trinajstić information content (AvgIpc) is 3.63. The highest BCUT2D eigenvalue weighted by Gasteiger charge is 2.14. The highest BCUT2D eigenvalue weighted by Crippen LogP contribution is 2.21. The fourth-order valence-corrected chi connectivity index (χ4v) is 4.61. The Bertz CT molecular complexity index is 2020. The fraction of sp³-hybridized carbons (Fsp3) is 0.125. The Labute approximate surface area is 268 Å². The van der Waals surface area contributed by atoms with Gasteiger partial charge < -0.3 is 29.2 Å². The average molecular weight is 648 g/mol. The van der Waals surface area contributed by atoms with E-state index in [0.29, 0.717) is 27.1 Å². The van der Waals surface area contributed by atoms with Crippen LogP contribution < -0.4 is 20.4 Å². The molecule has 2 amide bonds. The van der Waals surface area contributed by atoms with E-state index in [-0.39, 0.29) is 17.3 Å². The molecule has 0 saturated heterocycles. The highest BCUT2D eigenvalue weighted by molar-refractivity contribution is 6.31. The first-order valence-electron chi connectivity index (χ1n) is 13.6. The lowest BCUT2D eigenvalue weighted by molar-refractivity contribution is 0.101. The van der Waals surface area contributed by atoms with Crippen molar-refractivity contribution in [3.63, 3.8) is 0 Å². The van der Waals surface area contributed by atoms with E-state index in [9.17, 15) is 14.0 Å². The number of amides is 2. The first-order chi connectivity index (χ1) is 21.5. The maximum absolute atomic E-state index is 13.7. The fourth-order valence-electron chi connectivity index (χ4n) is 4.25. The minimum atomic E-state index is -0.554. The van der Waals surface area contributed by atoms with Gasteiger partial charge in [-0.25, -0.2) is 14.4 Å². The molecule has 0 aliphatic heterocycles. The summed E-state index contributed by atoms with van der Waals surface area (Å²) in [5, 5.41) is 6.18. The third-order valence-corrected chi connectivity index (χ3v) is 7.10. The molecule has 0 bridgehead atoms. The predicted octanol–water partition coefficient (Wildman–Crippen LogP) is 6.75. The van der Waals surface area contributed by atoms with E-state index in [1.807, 2.05) is 79.1 Å². The Morgan fingerprint density at radius 3 is 1.76 bits per heavy atom. The van der Waals surface area contributed by atoms with Crippen LogP contribution in [0.2, 0.25) is 10.0 Å². The van der Waals surface area contributed by atoms with Crippen LogP contribution in [-0.2, 0) is 0 Å². The largest absolute Gasteiger partial charge is 0.376 e. The summed E-state index contributed by atoms with van der Waals surface area (Å²) < 4.78 is 17.3. The quantitative estimate of drug-likeness (QED) is 0.208. The van der Waals surface area contributed by atoms with Gasteiger partial charge in [0, 0.05) is 68.7 Å². The molecular formula is C32H29Cl2FN8O2. The van der Waals surface area contributed by atoms with Crippen LogP contribution in [-0.4, -0.2) is 58.8 Å². The van der Waals surface area contributed by atoms with Crippen LogP contribution in [0, 0.1) is 5.82 Å². The van der Waals surface area contributed by atoms with Gasteiger partial charge in [-0.2, -0.15) is 0 Å². The number of benzene rings is 2. The number of carbonyl (C=O) groups excluding carboxylic acids is 2. The van der Waals surface area contributed by atoms with Crippen LogP contribution in [0.4, 0.5) is 27.1 Å². The van der Waals surface area contributed by atoms with Crippen molar-refractivity contribution < 1.29 is 14.0 Å². The molecule has 0 unspecified atom stereocenters. The van der Waals surface area contributed by atoms with Gasteiger partial charge in [-0.05, 0) is 60.7 Å². The number of hydrogen-bond acceptors (Lipinski definition) is 6. The minimum Gasteiger partial charge on any atom is -0.376 e. The zero-order chi connectivity index (χ0) is 32.2. The minimum absolute atomic E-state index is 0.0218. The second-order valence-corrected chi connectivity index (χ2v) is 11.3. The predicted molar refractivity (Wildman–Crippen MR) is 178 cm³/mol. The van der Waals surface area contributed by atoms with Crippen LogP contribution in [0.25, 0.3) is 11.3 Å². The van der Waals surface area contributed by atoms with Crippen molar-refractivity contribution in [2.45, 2.75) is 0 Å². The van der Waals surface area contributed by atoms with Crippen LogP contribution in [0.5, 0.6) is 0 Å². The summed E-state index contributed by atoms with van der Waals surface area (Å²) in [6.07, 6.45) is 7.10. The lowest BCUT2D eigenvalue weighted by atomic mass is 10.3. The number of fused-ring (bicyclic) bond motifs is 2. The maximum atomic E-state index is 13.7. The van der Waals surface area contributed by atoms with Gasteiger partial charge >= 0.3 is 0 Å². The topological polar surface area (TPSA) is 99.3 Å². The van der Waals surface area contributed by atoms with E-state index >= 15 is 0 Å². The third-order valence-electron chi connectivity index (χ3n) is 6.63. The van der Waals surface area contributed by atoms with Crippen LogP contribution in [0.3, 0.4) is 0 Å². The molecule has 10 nitrogen and oxygen atoms in total. The summed E-state index contributed by atoms with van der Waals surface area (Å²) in [6, 6.07) is 18.5. The lowest BCUT2D eigenvalue weighted by Gasteiger charge is -2.11. The Morgan fingerprint density at radius 1 is 0.689 bits per heavy atom. The Morgan fingerprint density at radius 2 is 1.22 bits per heavy atom. The zero-order valence-corrected chi connectivity index (χ0v) is 26.3. The molecule has 0 aliphatic carbocycles. The second kappa shape index (κ2) is 13.2. The highest BCUT2D eigenvalue weighted by atomic mass is 35.5. The van der Waals surface area contributed by atoms with Gasteiger partial charge in [-0.1, -0.05) is 29.3 Å². The smallest absolute Gasteiger partial charge is 0.275 e. The molecule has 230 valence electrons. The number of imidazole rings is 2. The number of rotatable bonds is 6. The van der Waals surface area contributed by atoms with Crippen LogP contribution in [0.15, 0.2) is 91.5 Å².